The van der Waals surface area contributed by atoms with Gasteiger partial charge in [0.05, 0.1) is 6.10 Å². The van der Waals surface area contributed by atoms with Crippen molar-refractivity contribution in [3.05, 3.63) is 0 Å². The monoisotopic (exact) mass is 227 g/mol. The Bertz CT molecular complexity index is 172. The summed E-state index contributed by atoms with van der Waals surface area (Å²) < 4.78 is 5.70. The van der Waals surface area contributed by atoms with Crippen molar-refractivity contribution in [2.24, 2.45) is 0 Å². The molecule has 96 valence electrons. The lowest BCUT2D eigenvalue weighted by atomic mass is 10.00. The summed E-state index contributed by atoms with van der Waals surface area (Å²) in [6.45, 7) is 7.75. The first-order valence-corrected chi connectivity index (χ1v) is 7.13. The van der Waals surface area contributed by atoms with Gasteiger partial charge in [-0.2, -0.15) is 0 Å². The fourth-order valence-electron chi connectivity index (χ4n) is 2.50. The summed E-state index contributed by atoms with van der Waals surface area (Å²) in [6.07, 6.45) is 9.42. The van der Waals surface area contributed by atoms with Gasteiger partial charge in [0.25, 0.3) is 0 Å². The van der Waals surface area contributed by atoms with E-state index >= 15 is 0 Å². The summed E-state index contributed by atoms with van der Waals surface area (Å²) in [6, 6.07) is 1.36. The van der Waals surface area contributed by atoms with E-state index in [0.717, 1.165) is 13.0 Å². The average molecular weight is 227 g/mol. The summed E-state index contributed by atoms with van der Waals surface area (Å²) in [5, 5.41) is 3.76. The third-order valence-corrected chi connectivity index (χ3v) is 3.58. The smallest absolute Gasteiger partial charge is 0.0587 e. The van der Waals surface area contributed by atoms with Crippen molar-refractivity contribution in [1.82, 2.24) is 5.32 Å². The Morgan fingerprint density at radius 3 is 2.81 bits per heavy atom. The van der Waals surface area contributed by atoms with Crippen LogP contribution < -0.4 is 5.32 Å². The lowest BCUT2D eigenvalue weighted by molar-refractivity contribution is -0.00178. The lowest BCUT2D eigenvalue weighted by Gasteiger charge is -2.31. The predicted molar refractivity (Wildman–Crippen MR) is 69.8 cm³/mol. The van der Waals surface area contributed by atoms with Crippen LogP contribution >= 0.6 is 0 Å². The number of hydrogen-bond acceptors (Lipinski definition) is 2. The molecule has 0 radical (unpaired) electrons. The predicted octanol–water partition coefficient (Wildman–Crippen LogP) is 3.50. The maximum Gasteiger partial charge on any atom is 0.0587 e. The second-order valence-electron chi connectivity index (χ2n) is 5.19. The molecule has 1 rings (SSSR count). The Morgan fingerprint density at radius 2 is 2.12 bits per heavy atom. The highest BCUT2D eigenvalue weighted by Gasteiger charge is 2.21. The van der Waals surface area contributed by atoms with Gasteiger partial charge in [0, 0.05) is 18.7 Å². The van der Waals surface area contributed by atoms with Gasteiger partial charge in [0.2, 0.25) is 0 Å². The maximum absolute atomic E-state index is 5.70. The van der Waals surface area contributed by atoms with Gasteiger partial charge in [0.15, 0.2) is 0 Å². The number of ether oxygens (including phenoxy) is 1. The second kappa shape index (κ2) is 8.08. The van der Waals surface area contributed by atoms with E-state index in [0.29, 0.717) is 18.2 Å². The first-order valence-electron chi connectivity index (χ1n) is 7.13. The van der Waals surface area contributed by atoms with Crippen LogP contribution in [0.2, 0.25) is 0 Å². The standard InChI is InChI=1S/C14H29NO/c1-4-6-7-8-12(3)15-13-9-10-16-14(5-2)11-13/h12-15H,4-11H2,1-3H3. The Labute approximate surface area is 101 Å². The van der Waals surface area contributed by atoms with Crippen molar-refractivity contribution in [2.75, 3.05) is 6.61 Å². The molecule has 0 aliphatic carbocycles. The van der Waals surface area contributed by atoms with Crippen LogP contribution in [0.25, 0.3) is 0 Å². The van der Waals surface area contributed by atoms with Gasteiger partial charge in [-0.1, -0.05) is 33.1 Å². The largest absolute Gasteiger partial charge is 0.378 e. The SMILES string of the molecule is CCCCCC(C)NC1CCOC(CC)C1. The Morgan fingerprint density at radius 1 is 1.31 bits per heavy atom. The second-order valence-corrected chi connectivity index (χ2v) is 5.19. The highest BCUT2D eigenvalue weighted by atomic mass is 16.5. The van der Waals surface area contributed by atoms with Gasteiger partial charge in [-0.25, -0.2) is 0 Å². The first-order chi connectivity index (χ1) is 7.76. The molecule has 1 fully saturated rings. The average Bonchev–Trinajstić information content (AvgIpc) is 2.29. The van der Waals surface area contributed by atoms with Gasteiger partial charge in [0.1, 0.15) is 0 Å². The van der Waals surface area contributed by atoms with Gasteiger partial charge in [-0.15, -0.1) is 0 Å². The molecule has 3 unspecified atom stereocenters. The fraction of sp³-hybridized carbons (Fsp3) is 1.00. The Kier molecular flexibility index (Phi) is 7.06. The Balaban J connectivity index is 2.14. The zero-order valence-electron chi connectivity index (χ0n) is 11.3. The summed E-state index contributed by atoms with van der Waals surface area (Å²) >= 11 is 0. The van der Waals surface area contributed by atoms with Crippen LogP contribution in [0.1, 0.15) is 65.7 Å². The summed E-state index contributed by atoms with van der Waals surface area (Å²) in [7, 11) is 0. The Hall–Kier alpha value is -0.0800. The fourth-order valence-corrected chi connectivity index (χ4v) is 2.50. The van der Waals surface area contributed by atoms with Gasteiger partial charge in [-0.3, -0.25) is 0 Å². The molecule has 1 N–H and O–H groups in total. The van der Waals surface area contributed by atoms with Crippen LogP contribution in [0.15, 0.2) is 0 Å². The van der Waals surface area contributed by atoms with Crippen molar-refractivity contribution < 1.29 is 4.74 Å². The van der Waals surface area contributed by atoms with Gasteiger partial charge < -0.3 is 10.1 Å². The van der Waals surface area contributed by atoms with Crippen LogP contribution in [-0.4, -0.2) is 24.8 Å². The number of unbranched alkanes of at least 4 members (excludes halogenated alkanes) is 2. The maximum atomic E-state index is 5.70. The van der Waals surface area contributed by atoms with E-state index in [1.54, 1.807) is 0 Å². The summed E-state index contributed by atoms with van der Waals surface area (Å²) in [5.41, 5.74) is 0. The minimum Gasteiger partial charge on any atom is -0.378 e. The lowest BCUT2D eigenvalue weighted by Crippen LogP contribution is -2.42. The molecule has 2 heteroatoms. The van der Waals surface area contributed by atoms with E-state index in [-0.39, 0.29) is 0 Å². The topological polar surface area (TPSA) is 21.3 Å². The molecule has 1 heterocycles. The minimum atomic E-state index is 0.495. The van der Waals surface area contributed by atoms with Crippen LogP contribution in [0.5, 0.6) is 0 Å². The molecule has 1 aliphatic heterocycles. The molecule has 16 heavy (non-hydrogen) atoms. The van der Waals surface area contributed by atoms with Crippen LogP contribution in [0.4, 0.5) is 0 Å². The molecule has 0 aromatic heterocycles. The molecule has 2 nitrogen and oxygen atoms in total. The van der Waals surface area contributed by atoms with Crippen molar-refractivity contribution >= 4 is 0 Å². The first kappa shape index (κ1) is 14.0. The highest BCUT2D eigenvalue weighted by molar-refractivity contribution is 4.78. The normalized spacial score (nSPS) is 27.9. The third-order valence-electron chi connectivity index (χ3n) is 3.58. The summed E-state index contributed by atoms with van der Waals surface area (Å²) in [4.78, 5) is 0. The van der Waals surface area contributed by atoms with Gasteiger partial charge in [-0.05, 0) is 32.6 Å². The molecule has 3 atom stereocenters. The van der Waals surface area contributed by atoms with Crippen LogP contribution in [-0.2, 0) is 4.74 Å². The van der Waals surface area contributed by atoms with Crippen LogP contribution in [0, 0.1) is 0 Å². The molecule has 0 amide bonds. The van der Waals surface area contributed by atoms with Crippen molar-refractivity contribution in [1.29, 1.82) is 0 Å². The zero-order chi connectivity index (χ0) is 11.8. The van der Waals surface area contributed by atoms with E-state index in [1.165, 1.54) is 38.5 Å². The van der Waals surface area contributed by atoms with Crippen molar-refractivity contribution in [2.45, 2.75) is 83.9 Å². The number of nitrogens with one attached hydrogen (secondary N) is 1. The summed E-state index contributed by atoms with van der Waals surface area (Å²) in [5.74, 6) is 0. The molecule has 0 saturated carbocycles. The van der Waals surface area contributed by atoms with Crippen LogP contribution in [0.3, 0.4) is 0 Å². The molecule has 0 spiro atoms. The highest BCUT2D eigenvalue weighted by Crippen LogP contribution is 2.17. The molecule has 0 aromatic rings. The van der Waals surface area contributed by atoms with E-state index in [2.05, 4.69) is 26.1 Å². The molecular weight excluding hydrogens is 198 g/mol. The molecule has 0 aromatic carbocycles. The van der Waals surface area contributed by atoms with Crippen molar-refractivity contribution in [3.8, 4) is 0 Å². The zero-order valence-corrected chi connectivity index (χ0v) is 11.3. The van der Waals surface area contributed by atoms with E-state index in [4.69, 9.17) is 4.74 Å². The molecule has 1 saturated heterocycles. The van der Waals surface area contributed by atoms with Crippen molar-refractivity contribution in [3.63, 3.8) is 0 Å². The number of hydrogen-bond donors (Lipinski definition) is 1. The molecular formula is C14H29NO. The molecule has 0 bridgehead atoms. The third kappa shape index (κ3) is 5.31. The van der Waals surface area contributed by atoms with E-state index in [9.17, 15) is 0 Å². The van der Waals surface area contributed by atoms with E-state index < -0.39 is 0 Å². The van der Waals surface area contributed by atoms with E-state index in [1.807, 2.05) is 0 Å². The van der Waals surface area contributed by atoms with Gasteiger partial charge >= 0.3 is 0 Å². The number of rotatable bonds is 7. The quantitative estimate of drug-likeness (QED) is 0.672. The minimum absolute atomic E-state index is 0.495. The molecule has 1 aliphatic rings.